The van der Waals surface area contributed by atoms with Crippen molar-refractivity contribution in [3.05, 3.63) is 34.8 Å². The molecule has 0 unspecified atom stereocenters. The molecular formula is C13H20N4O. The van der Waals surface area contributed by atoms with Gasteiger partial charge in [0, 0.05) is 31.3 Å². The predicted octanol–water partition coefficient (Wildman–Crippen LogP) is 1.88. The number of aromatic nitrogens is 3. The van der Waals surface area contributed by atoms with Crippen molar-refractivity contribution in [1.82, 2.24) is 20.1 Å². The molecule has 0 aliphatic carbocycles. The average Bonchev–Trinajstić information content (AvgIpc) is 2.89. The Hall–Kier alpha value is -1.62. The summed E-state index contributed by atoms with van der Waals surface area (Å²) in [5, 5.41) is 7.73. The molecule has 0 amide bonds. The van der Waals surface area contributed by atoms with Crippen LogP contribution in [0.1, 0.15) is 35.5 Å². The molecule has 5 nitrogen and oxygen atoms in total. The minimum Gasteiger partial charge on any atom is -0.444 e. The second-order valence-corrected chi connectivity index (χ2v) is 4.45. The Bertz CT molecular complexity index is 527. The zero-order chi connectivity index (χ0) is 13.1. The van der Waals surface area contributed by atoms with Crippen LogP contribution in [0.4, 0.5) is 0 Å². The summed E-state index contributed by atoms with van der Waals surface area (Å²) in [7, 11) is 1.97. The molecule has 2 rings (SSSR count). The third-order valence-electron chi connectivity index (χ3n) is 3.19. The van der Waals surface area contributed by atoms with Gasteiger partial charge in [-0.2, -0.15) is 5.10 Å². The van der Waals surface area contributed by atoms with Crippen molar-refractivity contribution in [3.63, 3.8) is 0 Å². The molecule has 2 aromatic rings. The van der Waals surface area contributed by atoms with Gasteiger partial charge in [-0.3, -0.25) is 4.68 Å². The monoisotopic (exact) mass is 248 g/mol. The van der Waals surface area contributed by atoms with Gasteiger partial charge in [0.1, 0.15) is 5.76 Å². The predicted molar refractivity (Wildman–Crippen MR) is 69.1 cm³/mol. The van der Waals surface area contributed by atoms with Crippen molar-refractivity contribution >= 4 is 0 Å². The lowest BCUT2D eigenvalue weighted by molar-refractivity contribution is 0.438. The van der Waals surface area contributed by atoms with Crippen molar-refractivity contribution in [1.29, 1.82) is 0 Å². The van der Waals surface area contributed by atoms with E-state index in [1.54, 1.807) is 6.20 Å². The van der Waals surface area contributed by atoms with Crippen LogP contribution in [0.2, 0.25) is 0 Å². The lowest BCUT2D eigenvalue weighted by Crippen LogP contribution is -2.14. The number of hydrogen-bond donors (Lipinski definition) is 1. The number of oxazole rings is 1. The molecule has 0 aromatic carbocycles. The van der Waals surface area contributed by atoms with Gasteiger partial charge in [0.05, 0.1) is 18.4 Å². The van der Waals surface area contributed by atoms with Crippen molar-refractivity contribution in [2.24, 2.45) is 7.05 Å². The maximum absolute atomic E-state index is 5.54. The van der Waals surface area contributed by atoms with E-state index in [1.807, 2.05) is 18.7 Å². The molecule has 0 spiro atoms. The first-order valence-electron chi connectivity index (χ1n) is 6.25. The van der Waals surface area contributed by atoms with Crippen LogP contribution >= 0.6 is 0 Å². The van der Waals surface area contributed by atoms with Crippen LogP contribution in [0.3, 0.4) is 0 Å². The first kappa shape index (κ1) is 12.8. The molecule has 0 aliphatic heterocycles. The van der Waals surface area contributed by atoms with Crippen LogP contribution in [0.5, 0.6) is 0 Å². The van der Waals surface area contributed by atoms with Crippen molar-refractivity contribution in [2.45, 2.75) is 40.3 Å². The minimum atomic E-state index is 0.647. The molecule has 0 fully saturated rings. The summed E-state index contributed by atoms with van der Waals surface area (Å²) in [6.07, 6.45) is 2.67. The van der Waals surface area contributed by atoms with E-state index < -0.39 is 0 Å². The van der Waals surface area contributed by atoms with Crippen molar-refractivity contribution < 1.29 is 4.42 Å². The fourth-order valence-corrected chi connectivity index (χ4v) is 1.96. The summed E-state index contributed by atoms with van der Waals surface area (Å²) in [5.41, 5.74) is 3.52. The van der Waals surface area contributed by atoms with E-state index in [2.05, 4.69) is 29.2 Å². The highest BCUT2D eigenvalue weighted by Crippen LogP contribution is 2.11. The van der Waals surface area contributed by atoms with E-state index >= 15 is 0 Å². The van der Waals surface area contributed by atoms with Crippen LogP contribution in [-0.2, 0) is 26.6 Å². The van der Waals surface area contributed by atoms with E-state index in [9.17, 15) is 0 Å². The highest BCUT2D eigenvalue weighted by atomic mass is 16.4. The first-order chi connectivity index (χ1) is 8.61. The van der Waals surface area contributed by atoms with Crippen LogP contribution in [0.25, 0.3) is 0 Å². The van der Waals surface area contributed by atoms with Gasteiger partial charge in [-0.05, 0) is 13.8 Å². The third-order valence-corrected chi connectivity index (χ3v) is 3.19. The number of nitrogens with one attached hydrogen (secondary N) is 1. The molecule has 0 saturated heterocycles. The smallest absolute Gasteiger partial charge is 0.208 e. The molecule has 18 heavy (non-hydrogen) atoms. The molecule has 0 bridgehead atoms. The average molecular weight is 248 g/mol. The maximum Gasteiger partial charge on any atom is 0.208 e. The van der Waals surface area contributed by atoms with Gasteiger partial charge in [-0.1, -0.05) is 6.92 Å². The standard InChI is InChI=1S/C13H20N4O/c1-5-11-6-15-13(18-11)8-14-7-12-9(2)16-17(4)10(12)3/h6,14H,5,7-8H2,1-4H3. The summed E-state index contributed by atoms with van der Waals surface area (Å²) in [6, 6.07) is 0. The second kappa shape index (κ2) is 5.35. The molecule has 0 saturated carbocycles. The number of aryl methyl sites for hydroxylation is 3. The van der Waals surface area contributed by atoms with Gasteiger partial charge in [0.2, 0.25) is 5.89 Å². The molecule has 98 valence electrons. The third kappa shape index (κ3) is 2.61. The zero-order valence-corrected chi connectivity index (χ0v) is 11.4. The molecule has 5 heteroatoms. The molecule has 0 aliphatic rings. The lowest BCUT2D eigenvalue weighted by Gasteiger charge is -2.03. The van der Waals surface area contributed by atoms with E-state index in [0.29, 0.717) is 6.54 Å². The Morgan fingerprint density at radius 3 is 2.67 bits per heavy atom. The molecule has 1 N–H and O–H groups in total. The highest BCUT2D eigenvalue weighted by Gasteiger charge is 2.09. The maximum atomic E-state index is 5.54. The van der Waals surface area contributed by atoms with Gasteiger partial charge in [-0.15, -0.1) is 0 Å². The van der Waals surface area contributed by atoms with Crippen LogP contribution in [0.15, 0.2) is 10.6 Å². The minimum absolute atomic E-state index is 0.647. The Morgan fingerprint density at radius 2 is 2.11 bits per heavy atom. The fourth-order valence-electron chi connectivity index (χ4n) is 1.96. The van der Waals surface area contributed by atoms with Gasteiger partial charge in [-0.25, -0.2) is 4.98 Å². The number of nitrogens with zero attached hydrogens (tertiary/aromatic N) is 3. The van der Waals surface area contributed by atoms with Crippen molar-refractivity contribution in [3.8, 4) is 0 Å². The Kier molecular flexibility index (Phi) is 3.81. The Labute approximate surface area is 107 Å². The summed E-state index contributed by atoms with van der Waals surface area (Å²) < 4.78 is 7.45. The molecule has 2 aromatic heterocycles. The van der Waals surface area contributed by atoms with Crippen LogP contribution in [0, 0.1) is 13.8 Å². The highest BCUT2D eigenvalue weighted by molar-refractivity contribution is 5.23. The zero-order valence-electron chi connectivity index (χ0n) is 11.4. The topological polar surface area (TPSA) is 55.9 Å². The summed E-state index contributed by atoms with van der Waals surface area (Å²) in [4.78, 5) is 4.22. The van der Waals surface area contributed by atoms with Gasteiger partial charge < -0.3 is 9.73 Å². The van der Waals surface area contributed by atoms with Gasteiger partial charge >= 0.3 is 0 Å². The second-order valence-electron chi connectivity index (χ2n) is 4.45. The largest absolute Gasteiger partial charge is 0.444 e. The van der Waals surface area contributed by atoms with E-state index in [0.717, 1.165) is 30.3 Å². The van der Waals surface area contributed by atoms with Gasteiger partial charge in [0.15, 0.2) is 0 Å². The quantitative estimate of drug-likeness (QED) is 0.877. The Balaban J connectivity index is 1.92. The lowest BCUT2D eigenvalue weighted by atomic mass is 10.2. The fraction of sp³-hybridized carbons (Fsp3) is 0.538. The van der Waals surface area contributed by atoms with Crippen LogP contribution in [-0.4, -0.2) is 14.8 Å². The molecule has 2 heterocycles. The number of rotatable bonds is 5. The normalized spacial score (nSPS) is 11.1. The molecule has 0 atom stereocenters. The number of hydrogen-bond acceptors (Lipinski definition) is 4. The summed E-state index contributed by atoms with van der Waals surface area (Å²) >= 11 is 0. The SMILES string of the molecule is CCc1cnc(CNCc2c(C)nn(C)c2C)o1. The first-order valence-corrected chi connectivity index (χ1v) is 6.25. The Morgan fingerprint density at radius 1 is 1.33 bits per heavy atom. The van der Waals surface area contributed by atoms with E-state index in [1.165, 1.54) is 11.3 Å². The molecule has 0 radical (unpaired) electrons. The summed E-state index contributed by atoms with van der Waals surface area (Å²) in [5.74, 6) is 1.67. The summed E-state index contributed by atoms with van der Waals surface area (Å²) in [6.45, 7) is 7.60. The van der Waals surface area contributed by atoms with Crippen molar-refractivity contribution in [2.75, 3.05) is 0 Å². The molecular weight excluding hydrogens is 228 g/mol. The van der Waals surface area contributed by atoms with E-state index in [4.69, 9.17) is 4.42 Å². The van der Waals surface area contributed by atoms with E-state index in [-0.39, 0.29) is 0 Å². The van der Waals surface area contributed by atoms with Crippen LogP contribution < -0.4 is 5.32 Å². The van der Waals surface area contributed by atoms with Gasteiger partial charge in [0.25, 0.3) is 0 Å².